The highest BCUT2D eigenvalue weighted by Gasteiger charge is 2.31. The van der Waals surface area contributed by atoms with Crippen LogP contribution in [0.5, 0.6) is 0 Å². The molecule has 4 heteroatoms. The van der Waals surface area contributed by atoms with Crippen LogP contribution in [0.2, 0.25) is 0 Å². The van der Waals surface area contributed by atoms with E-state index < -0.39 is 8.03 Å². The molecule has 1 atom stereocenters. The van der Waals surface area contributed by atoms with Crippen LogP contribution >= 0.6 is 8.03 Å². The molecule has 2 saturated carbocycles. The molecule has 0 aromatic heterocycles. The molecule has 1 unspecified atom stereocenters. The summed E-state index contributed by atoms with van der Waals surface area (Å²) in [6.45, 7) is 0. The van der Waals surface area contributed by atoms with Gasteiger partial charge in [0.25, 0.3) is 0 Å². The van der Waals surface area contributed by atoms with E-state index in [0.29, 0.717) is 18.4 Å². The molecule has 2 aliphatic rings. The molecule has 98 valence electrons. The molecule has 2 aliphatic carbocycles. The van der Waals surface area contributed by atoms with Gasteiger partial charge in [-0.25, -0.2) is 0 Å². The van der Waals surface area contributed by atoms with E-state index in [-0.39, 0.29) is 0 Å². The van der Waals surface area contributed by atoms with Crippen molar-refractivity contribution >= 4 is 8.03 Å². The SMILES string of the molecule is O=[P+]([O-])CN(C1CCCCC1)C1CCCCC1. The molecule has 2 fully saturated rings. The van der Waals surface area contributed by atoms with Crippen molar-refractivity contribution < 1.29 is 9.46 Å². The first kappa shape index (κ1) is 13.5. The van der Waals surface area contributed by atoms with Gasteiger partial charge >= 0.3 is 8.03 Å². The van der Waals surface area contributed by atoms with Gasteiger partial charge < -0.3 is 4.89 Å². The molecule has 0 spiro atoms. The lowest BCUT2D eigenvalue weighted by Gasteiger charge is -2.39. The Balaban J connectivity index is 1.97. The average Bonchev–Trinajstić information content (AvgIpc) is 2.38. The molecule has 0 radical (unpaired) electrons. The fourth-order valence-corrected chi connectivity index (χ4v) is 4.22. The summed E-state index contributed by atoms with van der Waals surface area (Å²) in [5, 5.41) is 0. The van der Waals surface area contributed by atoms with Crippen molar-refractivity contribution in [2.75, 3.05) is 6.29 Å². The van der Waals surface area contributed by atoms with Gasteiger partial charge in [-0.2, -0.15) is 0 Å². The predicted molar refractivity (Wildman–Crippen MR) is 68.1 cm³/mol. The third-order valence-electron chi connectivity index (χ3n) is 4.37. The van der Waals surface area contributed by atoms with Crippen LogP contribution in [-0.4, -0.2) is 23.3 Å². The Morgan fingerprint density at radius 2 is 1.29 bits per heavy atom. The Labute approximate surface area is 105 Å². The maximum Gasteiger partial charge on any atom is 0.324 e. The zero-order chi connectivity index (χ0) is 12.1. The van der Waals surface area contributed by atoms with E-state index >= 15 is 0 Å². The zero-order valence-electron chi connectivity index (χ0n) is 10.6. The maximum absolute atomic E-state index is 11.1. The van der Waals surface area contributed by atoms with Crippen LogP contribution in [0.4, 0.5) is 0 Å². The van der Waals surface area contributed by atoms with Gasteiger partial charge in [-0.15, -0.1) is 0 Å². The summed E-state index contributed by atoms with van der Waals surface area (Å²) in [5.41, 5.74) is 0. The number of nitrogens with zero attached hydrogens (tertiary/aromatic N) is 1. The molecule has 0 N–H and O–H groups in total. The minimum atomic E-state index is -2.26. The fourth-order valence-electron chi connectivity index (χ4n) is 3.49. The lowest BCUT2D eigenvalue weighted by molar-refractivity contribution is -0.167. The second kappa shape index (κ2) is 6.82. The van der Waals surface area contributed by atoms with Crippen LogP contribution in [0.25, 0.3) is 0 Å². The monoisotopic (exact) mass is 257 g/mol. The fraction of sp³-hybridized carbons (Fsp3) is 1.00. The second-order valence-electron chi connectivity index (χ2n) is 5.57. The van der Waals surface area contributed by atoms with Crippen molar-refractivity contribution in [1.82, 2.24) is 4.90 Å². The molecule has 17 heavy (non-hydrogen) atoms. The van der Waals surface area contributed by atoms with E-state index in [1.54, 1.807) is 0 Å². The summed E-state index contributed by atoms with van der Waals surface area (Å²) in [7, 11) is -2.26. The van der Waals surface area contributed by atoms with Gasteiger partial charge in [-0.3, -0.25) is 4.90 Å². The molecule has 0 bridgehead atoms. The Bertz CT molecular complexity index is 230. The quantitative estimate of drug-likeness (QED) is 0.727. The topological polar surface area (TPSA) is 43.4 Å². The molecular formula is C13H24NO2P. The van der Waals surface area contributed by atoms with E-state index in [1.807, 2.05) is 0 Å². The third kappa shape index (κ3) is 4.01. The van der Waals surface area contributed by atoms with Crippen LogP contribution in [0, 0.1) is 0 Å². The first-order valence-electron chi connectivity index (χ1n) is 7.15. The van der Waals surface area contributed by atoms with Gasteiger partial charge in [0.05, 0.1) is 0 Å². The lowest BCUT2D eigenvalue weighted by Crippen LogP contribution is -2.45. The molecule has 0 aromatic carbocycles. The van der Waals surface area contributed by atoms with Gasteiger partial charge in [0, 0.05) is 12.1 Å². The molecule has 2 rings (SSSR count). The number of rotatable bonds is 4. The van der Waals surface area contributed by atoms with Gasteiger partial charge in [0.1, 0.15) is 0 Å². The van der Waals surface area contributed by atoms with Gasteiger partial charge in [0.15, 0.2) is 6.29 Å². The molecule has 0 aliphatic heterocycles. The van der Waals surface area contributed by atoms with Crippen molar-refractivity contribution in [3.8, 4) is 0 Å². The van der Waals surface area contributed by atoms with Crippen LogP contribution in [0.15, 0.2) is 0 Å². The summed E-state index contributed by atoms with van der Waals surface area (Å²) in [6, 6.07) is 1.08. The second-order valence-corrected chi connectivity index (χ2v) is 6.52. The third-order valence-corrected chi connectivity index (χ3v) is 4.92. The number of hydrogen-bond donors (Lipinski definition) is 0. The molecular weight excluding hydrogens is 233 g/mol. The minimum absolute atomic E-state index is 0.296. The smallest absolute Gasteiger partial charge is 0.324 e. The summed E-state index contributed by atoms with van der Waals surface area (Å²) >= 11 is 0. The van der Waals surface area contributed by atoms with E-state index in [2.05, 4.69) is 4.90 Å². The lowest BCUT2D eigenvalue weighted by atomic mass is 9.89. The standard InChI is InChI=1S/C13H24NO2P/c15-17(16)11-14(12-7-3-1-4-8-12)13-9-5-2-6-10-13/h12-13H,1-11H2. The number of hydrogen-bond acceptors (Lipinski definition) is 3. The van der Waals surface area contributed by atoms with E-state index in [1.165, 1.54) is 64.2 Å². The van der Waals surface area contributed by atoms with Gasteiger partial charge in [-0.05, 0) is 25.7 Å². The van der Waals surface area contributed by atoms with E-state index in [0.717, 1.165) is 0 Å². The average molecular weight is 257 g/mol. The van der Waals surface area contributed by atoms with Crippen LogP contribution < -0.4 is 4.89 Å². The van der Waals surface area contributed by atoms with Gasteiger partial charge in [0.2, 0.25) is 0 Å². The van der Waals surface area contributed by atoms with Crippen molar-refractivity contribution in [1.29, 1.82) is 0 Å². The molecule has 0 amide bonds. The van der Waals surface area contributed by atoms with Crippen molar-refractivity contribution in [2.24, 2.45) is 0 Å². The van der Waals surface area contributed by atoms with Crippen molar-refractivity contribution in [3.63, 3.8) is 0 Å². The van der Waals surface area contributed by atoms with E-state index in [9.17, 15) is 9.46 Å². The van der Waals surface area contributed by atoms with Crippen LogP contribution in [0.3, 0.4) is 0 Å². The highest BCUT2D eigenvalue weighted by molar-refractivity contribution is 7.36. The Kier molecular flexibility index (Phi) is 5.40. The normalized spacial score (nSPS) is 25.2. The summed E-state index contributed by atoms with van der Waals surface area (Å²) in [6.07, 6.45) is 12.9. The largest absolute Gasteiger partial charge is 0.594 e. The highest BCUT2D eigenvalue weighted by atomic mass is 31.1. The summed E-state index contributed by atoms with van der Waals surface area (Å²) < 4.78 is 11.1. The summed E-state index contributed by atoms with van der Waals surface area (Å²) in [4.78, 5) is 13.4. The maximum atomic E-state index is 11.1. The zero-order valence-corrected chi connectivity index (χ0v) is 11.5. The minimum Gasteiger partial charge on any atom is -0.594 e. The molecule has 3 nitrogen and oxygen atoms in total. The Hall–Kier alpha value is 0.0200. The van der Waals surface area contributed by atoms with Gasteiger partial charge in [-0.1, -0.05) is 43.1 Å². The first-order chi connectivity index (χ1) is 8.27. The highest BCUT2D eigenvalue weighted by Crippen LogP contribution is 2.32. The molecule has 0 aromatic rings. The van der Waals surface area contributed by atoms with Crippen molar-refractivity contribution in [2.45, 2.75) is 76.3 Å². The van der Waals surface area contributed by atoms with Crippen LogP contribution in [-0.2, 0) is 4.57 Å². The van der Waals surface area contributed by atoms with Crippen molar-refractivity contribution in [3.05, 3.63) is 0 Å². The Morgan fingerprint density at radius 3 is 1.65 bits per heavy atom. The summed E-state index contributed by atoms with van der Waals surface area (Å²) in [5.74, 6) is 0. The van der Waals surface area contributed by atoms with Crippen LogP contribution in [0.1, 0.15) is 64.2 Å². The predicted octanol–water partition coefficient (Wildman–Crippen LogP) is 3.01. The first-order valence-corrected chi connectivity index (χ1v) is 8.51. The van der Waals surface area contributed by atoms with E-state index in [4.69, 9.17) is 0 Å². The molecule has 0 heterocycles. The Morgan fingerprint density at radius 1 is 0.882 bits per heavy atom. The molecule has 0 saturated heterocycles.